The molecule has 0 spiro atoms. The minimum Gasteiger partial charge on any atom is -0.444 e. The molecule has 0 aliphatic carbocycles. The number of benzene rings is 1. The number of hydrogen-bond acceptors (Lipinski definition) is 6. The Labute approximate surface area is 176 Å². The third kappa shape index (κ3) is 6.34. The lowest BCUT2D eigenvalue weighted by atomic mass is 10.0. The Balaban J connectivity index is 2.26. The molecule has 0 fully saturated rings. The highest BCUT2D eigenvalue weighted by Gasteiger charge is 2.27. The third-order valence-corrected chi connectivity index (χ3v) is 4.54. The number of aryl methyl sites for hydroxylation is 2. The fourth-order valence-electron chi connectivity index (χ4n) is 2.99. The van der Waals surface area contributed by atoms with Crippen molar-refractivity contribution in [2.45, 2.75) is 73.0 Å². The number of ether oxygens (including phenoxy) is 2. The van der Waals surface area contributed by atoms with Gasteiger partial charge in [-0.05, 0) is 71.1 Å². The van der Waals surface area contributed by atoms with Crippen molar-refractivity contribution in [3.63, 3.8) is 0 Å². The van der Waals surface area contributed by atoms with Gasteiger partial charge >= 0.3 is 17.7 Å². The smallest absolute Gasteiger partial charge is 0.408 e. The van der Waals surface area contributed by atoms with Gasteiger partial charge in [0.25, 0.3) is 0 Å². The molecule has 164 valence electrons. The zero-order chi connectivity index (χ0) is 22.6. The van der Waals surface area contributed by atoms with Gasteiger partial charge in [-0.1, -0.05) is 13.8 Å². The van der Waals surface area contributed by atoms with Crippen molar-refractivity contribution in [1.29, 1.82) is 0 Å². The number of esters is 1. The maximum atomic E-state index is 12.9. The second-order valence-electron chi connectivity index (χ2n) is 8.90. The second kappa shape index (κ2) is 9.32. The van der Waals surface area contributed by atoms with Gasteiger partial charge in [-0.15, -0.1) is 0 Å². The van der Waals surface area contributed by atoms with Crippen LogP contribution in [0, 0.1) is 19.8 Å². The van der Waals surface area contributed by atoms with Crippen LogP contribution in [0.15, 0.2) is 27.4 Å². The lowest BCUT2D eigenvalue weighted by Crippen LogP contribution is -2.45. The molecule has 1 aromatic carbocycles. The van der Waals surface area contributed by atoms with Gasteiger partial charge in [-0.2, -0.15) is 0 Å². The molecular weight excluding hydrogens is 386 g/mol. The first kappa shape index (κ1) is 23.4. The Hall–Kier alpha value is -2.83. The van der Waals surface area contributed by atoms with Crippen LogP contribution < -0.4 is 15.7 Å². The van der Waals surface area contributed by atoms with Crippen LogP contribution in [0.5, 0.6) is 5.75 Å². The molecule has 0 radical (unpaired) electrons. The van der Waals surface area contributed by atoms with Crippen molar-refractivity contribution in [3.05, 3.63) is 39.7 Å². The quantitative estimate of drug-likeness (QED) is 0.418. The molecule has 30 heavy (non-hydrogen) atoms. The number of carbonyl (C=O) groups excluding carboxylic acids is 2. The first-order chi connectivity index (χ1) is 13.9. The number of amides is 1. The molecular formula is C23H31NO6. The fourth-order valence-corrected chi connectivity index (χ4v) is 2.99. The number of carbonyl (C=O) groups is 2. The molecule has 0 bridgehead atoms. The maximum Gasteiger partial charge on any atom is 0.408 e. The fraction of sp³-hybridized carbons (Fsp3) is 0.522. The third-order valence-electron chi connectivity index (χ3n) is 4.54. The van der Waals surface area contributed by atoms with Gasteiger partial charge in [0.05, 0.1) is 0 Å². The van der Waals surface area contributed by atoms with E-state index in [2.05, 4.69) is 5.32 Å². The summed E-state index contributed by atoms with van der Waals surface area (Å²) < 4.78 is 16.2. The van der Waals surface area contributed by atoms with Crippen LogP contribution >= 0.6 is 0 Å². The highest BCUT2D eigenvalue weighted by atomic mass is 16.6. The molecule has 7 nitrogen and oxygen atoms in total. The summed E-state index contributed by atoms with van der Waals surface area (Å²) in [5.74, 6) is 0.0288. The Kier molecular flexibility index (Phi) is 7.29. The van der Waals surface area contributed by atoms with Gasteiger partial charge < -0.3 is 19.2 Å². The second-order valence-corrected chi connectivity index (χ2v) is 8.90. The summed E-state index contributed by atoms with van der Waals surface area (Å²) in [5, 5.41) is 3.39. The van der Waals surface area contributed by atoms with Crippen molar-refractivity contribution in [1.82, 2.24) is 5.32 Å². The summed E-state index contributed by atoms with van der Waals surface area (Å²) in [6.07, 6.45) is 0.460. The minimum absolute atomic E-state index is 0.279. The van der Waals surface area contributed by atoms with Crippen molar-refractivity contribution >= 4 is 23.0 Å². The summed E-state index contributed by atoms with van der Waals surface area (Å²) in [5.41, 5.74) is 0.559. The standard InChI is InChI=1S/C23H31NO6/c1-13(2)8-10-17(24-22(27)30-23(5,6)7)21(26)28-18-11-9-16-14(3)12-19(25)29-20(16)15(18)4/h9,11-13,17H,8,10H2,1-7H3,(H,24,27)/t17-/m1/s1. The average Bonchev–Trinajstić information content (AvgIpc) is 2.59. The normalized spacial score (nSPS) is 12.7. The molecule has 0 unspecified atom stereocenters. The molecule has 7 heteroatoms. The maximum absolute atomic E-state index is 12.9. The molecule has 0 aliphatic heterocycles. The minimum atomic E-state index is -0.859. The van der Waals surface area contributed by atoms with Gasteiger partial charge in [0.1, 0.15) is 23.0 Å². The number of nitrogens with one attached hydrogen (secondary N) is 1. The van der Waals surface area contributed by atoms with Gasteiger partial charge in [0.2, 0.25) is 0 Å². The Morgan fingerprint density at radius 3 is 2.40 bits per heavy atom. The van der Waals surface area contributed by atoms with Crippen LogP contribution in [0.1, 0.15) is 58.6 Å². The van der Waals surface area contributed by atoms with E-state index in [1.165, 1.54) is 6.07 Å². The van der Waals surface area contributed by atoms with Crippen LogP contribution in [0.3, 0.4) is 0 Å². The van der Waals surface area contributed by atoms with E-state index in [1.54, 1.807) is 39.8 Å². The van der Waals surface area contributed by atoms with E-state index in [1.807, 2.05) is 20.8 Å². The summed E-state index contributed by atoms with van der Waals surface area (Å²) in [6, 6.07) is 3.96. The SMILES string of the molecule is Cc1cc(=O)oc2c(C)c(OC(=O)[C@@H](CCC(C)C)NC(=O)OC(C)(C)C)ccc12. The van der Waals surface area contributed by atoms with Crippen molar-refractivity contribution < 1.29 is 23.5 Å². The molecule has 1 N–H and O–H groups in total. The highest BCUT2D eigenvalue weighted by Crippen LogP contribution is 2.28. The summed E-state index contributed by atoms with van der Waals surface area (Å²) in [6.45, 7) is 12.9. The summed E-state index contributed by atoms with van der Waals surface area (Å²) in [7, 11) is 0. The molecule has 1 heterocycles. The monoisotopic (exact) mass is 417 g/mol. The van der Waals surface area contributed by atoms with Gasteiger partial charge in [0, 0.05) is 17.0 Å². The Morgan fingerprint density at radius 2 is 1.80 bits per heavy atom. The number of alkyl carbamates (subject to hydrolysis) is 1. The molecule has 2 rings (SSSR count). The number of fused-ring (bicyclic) bond motifs is 1. The molecule has 0 aliphatic rings. The largest absolute Gasteiger partial charge is 0.444 e. The predicted molar refractivity (Wildman–Crippen MR) is 115 cm³/mol. The van der Waals surface area contributed by atoms with Crippen LogP contribution in [0.2, 0.25) is 0 Å². The lowest BCUT2D eigenvalue weighted by Gasteiger charge is -2.23. The molecule has 1 aromatic heterocycles. The van der Waals surface area contributed by atoms with E-state index in [0.717, 1.165) is 17.4 Å². The highest BCUT2D eigenvalue weighted by molar-refractivity contribution is 5.87. The average molecular weight is 418 g/mol. The van der Waals surface area contributed by atoms with Crippen molar-refractivity contribution in [3.8, 4) is 5.75 Å². The lowest BCUT2D eigenvalue weighted by molar-refractivity contribution is -0.137. The molecule has 1 atom stereocenters. The Bertz CT molecular complexity index is 984. The summed E-state index contributed by atoms with van der Waals surface area (Å²) >= 11 is 0. The van der Waals surface area contributed by atoms with Gasteiger partial charge in [-0.3, -0.25) is 0 Å². The molecule has 2 aromatic rings. The molecule has 0 saturated carbocycles. The molecule has 1 amide bonds. The zero-order valence-corrected chi connectivity index (χ0v) is 18.8. The van der Waals surface area contributed by atoms with Crippen molar-refractivity contribution in [2.24, 2.45) is 5.92 Å². The van der Waals surface area contributed by atoms with Crippen LogP contribution in [0.4, 0.5) is 4.79 Å². The number of hydrogen-bond donors (Lipinski definition) is 1. The predicted octanol–water partition coefficient (Wildman–Crippen LogP) is 4.64. The van der Waals surface area contributed by atoms with E-state index >= 15 is 0 Å². The van der Waals surface area contributed by atoms with Crippen LogP contribution in [-0.2, 0) is 9.53 Å². The van der Waals surface area contributed by atoms with E-state index in [0.29, 0.717) is 23.5 Å². The van der Waals surface area contributed by atoms with Crippen LogP contribution in [-0.4, -0.2) is 23.7 Å². The Morgan fingerprint density at radius 1 is 1.13 bits per heavy atom. The van der Waals surface area contributed by atoms with E-state index < -0.39 is 29.3 Å². The zero-order valence-electron chi connectivity index (χ0n) is 18.8. The summed E-state index contributed by atoms with van der Waals surface area (Å²) in [4.78, 5) is 36.8. The first-order valence-electron chi connectivity index (χ1n) is 10.1. The van der Waals surface area contributed by atoms with Crippen molar-refractivity contribution in [2.75, 3.05) is 0 Å². The van der Waals surface area contributed by atoms with Crippen LogP contribution in [0.25, 0.3) is 11.0 Å². The first-order valence-corrected chi connectivity index (χ1v) is 10.1. The topological polar surface area (TPSA) is 94.8 Å². The van der Waals surface area contributed by atoms with Gasteiger partial charge in [0.15, 0.2) is 0 Å². The molecule has 0 saturated heterocycles. The van der Waals surface area contributed by atoms with E-state index in [-0.39, 0.29) is 5.75 Å². The number of rotatable bonds is 6. The van der Waals surface area contributed by atoms with E-state index in [4.69, 9.17) is 13.9 Å². The van der Waals surface area contributed by atoms with Gasteiger partial charge in [-0.25, -0.2) is 14.4 Å². The van der Waals surface area contributed by atoms with E-state index in [9.17, 15) is 14.4 Å².